The van der Waals surface area contributed by atoms with Gasteiger partial charge in [-0.2, -0.15) is 0 Å². The molecule has 17 heavy (non-hydrogen) atoms. The molecule has 0 N–H and O–H groups in total. The largest absolute Gasteiger partial charge is 0.487 e. The molecule has 94 valence electrons. The van der Waals surface area contributed by atoms with E-state index in [1.54, 1.807) is 0 Å². The summed E-state index contributed by atoms with van der Waals surface area (Å²) in [6.07, 6.45) is 2.06. The zero-order valence-electron chi connectivity index (χ0n) is 11.4. The summed E-state index contributed by atoms with van der Waals surface area (Å²) in [5, 5.41) is 0. The molecule has 0 radical (unpaired) electrons. The number of benzene rings is 1. The van der Waals surface area contributed by atoms with Crippen molar-refractivity contribution < 1.29 is 4.74 Å². The van der Waals surface area contributed by atoms with Crippen LogP contribution in [0.15, 0.2) is 16.6 Å². The maximum atomic E-state index is 6.21. The second-order valence-corrected chi connectivity index (χ2v) is 7.13. The van der Waals surface area contributed by atoms with E-state index in [2.05, 4.69) is 62.7 Å². The van der Waals surface area contributed by atoms with Gasteiger partial charge in [0, 0.05) is 10.0 Å². The minimum Gasteiger partial charge on any atom is -0.487 e. The van der Waals surface area contributed by atoms with E-state index in [0.29, 0.717) is 0 Å². The number of halogens is 1. The summed E-state index contributed by atoms with van der Waals surface area (Å²) >= 11 is 3.61. The van der Waals surface area contributed by atoms with Crippen LogP contribution in [0, 0.1) is 0 Å². The van der Waals surface area contributed by atoms with E-state index in [9.17, 15) is 0 Å². The van der Waals surface area contributed by atoms with Crippen molar-refractivity contribution in [3.63, 3.8) is 0 Å². The first kappa shape index (κ1) is 12.9. The molecule has 2 rings (SSSR count). The smallest absolute Gasteiger partial charge is 0.127 e. The predicted molar refractivity (Wildman–Crippen MR) is 75.9 cm³/mol. The van der Waals surface area contributed by atoms with Crippen molar-refractivity contribution >= 4 is 15.9 Å². The van der Waals surface area contributed by atoms with Crippen molar-refractivity contribution in [2.45, 2.75) is 58.5 Å². The van der Waals surface area contributed by atoms with Crippen LogP contribution in [0.5, 0.6) is 5.75 Å². The molecule has 1 aliphatic rings. The first-order chi connectivity index (χ1) is 7.75. The second-order valence-electron chi connectivity index (χ2n) is 6.22. The Labute approximate surface area is 113 Å². The lowest BCUT2D eigenvalue weighted by Gasteiger charge is -2.43. The van der Waals surface area contributed by atoms with Crippen molar-refractivity contribution in [1.82, 2.24) is 0 Å². The summed E-state index contributed by atoms with van der Waals surface area (Å²) in [6, 6.07) is 4.39. The van der Waals surface area contributed by atoms with Crippen LogP contribution in [0.3, 0.4) is 0 Å². The van der Waals surface area contributed by atoms with Gasteiger partial charge in [0.05, 0.1) is 0 Å². The van der Waals surface area contributed by atoms with E-state index in [4.69, 9.17) is 4.74 Å². The summed E-state index contributed by atoms with van der Waals surface area (Å²) < 4.78 is 7.37. The van der Waals surface area contributed by atoms with Gasteiger partial charge in [0.15, 0.2) is 0 Å². The molecule has 1 heterocycles. The van der Waals surface area contributed by atoms with Gasteiger partial charge in [0.25, 0.3) is 0 Å². The number of rotatable bonds is 1. The summed E-state index contributed by atoms with van der Waals surface area (Å²) in [4.78, 5) is 0. The van der Waals surface area contributed by atoms with Crippen molar-refractivity contribution in [3.8, 4) is 5.75 Å². The molecule has 0 spiro atoms. The molecule has 1 aromatic rings. The fourth-order valence-electron chi connectivity index (χ4n) is 3.01. The first-order valence-corrected chi connectivity index (χ1v) is 7.06. The van der Waals surface area contributed by atoms with E-state index in [1.165, 1.54) is 11.1 Å². The molecule has 0 atom stereocenters. The highest BCUT2D eigenvalue weighted by molar-refractivity contribution is 9.10. The lowest BCUT2D eigenvalue weighted by atomic mass is 9.73. The molecule has 0 fully saturated rings. The minimum atomic E-state index is -0.0751. The van der Waals surface area contributed by atoms with Crippen molar-refractivity contribution in [1.29, 1.82) is 0 Å². The van der Waals surface area contributed by atoms with Crippen molar-refractivity contribution in [3.05, 3.63) is 27.7 Å². The quantitative estimate of drug-likeness (QED) is 0.720. The summed E-state index contributed by atoms with van der Waals surface area (Å²) in [6.45, 7) is 11.2. The number of hydrogen-bond donors (Lipinski definition) is 0. The van der Waals surface area contributed by atoms with E-state index >= 15 is 0 Å². The van der Waals surface area contributed by atoms with E-state index in [0.717, 1.165) is 23.1 Å². The molecular weight excluding hydrogens is 276 g/mol. The molecule has 0 saturated carbocycles. The number of hydrogen-bond acceptors (Lipinski definition) is 1. The zero-order valence-corrected chi connectivity index (χ0v) is 12.9. The molecule has 2 heteroatoms. The van der Waals surface area contributed by atoms with Crippen LogP contribution in [0.25, 0.3) is 0 Å². The molecule has 0 bridgehead atoms. The van der Waals surface area contributed by atoms with Crippen molar-refractivity contribution in [2.75, 3.05) is 0 Å². The SMILES string of the molecule is CCc1cc(Br)cc2c1OC(C)(C)CC2(C)C. The van der Waals surface area contributed by atoms with Crippen LogP contribution in [-0.4, -0.2) is 5.60 Å². The third-order valence-corrected chi connectivity index (χ3v) is 3.94. The van der Waals surface area contributed by atoms with Crippen LogP contribution < -0.4 is 4.74 Å². The van der Waals surface area contributed by atoms with Gasteiger partial charge in [0.2, 0.25) is 0 Å². The number of fused-ring (bicyclic) bond motifs is 1. The van der Waals surface area contributed by atoms with Gasteiger partial charge in [0.1, 0.15) is 11.4 Å². The normalized spacial score (nSPS) is 20.6. The maximum absolute atomic E-state index is 6.21. The standard InChI is InChI=1S/C15H21BrO/c1-6-10-7-11(16)8-12-13(10)17-15(4,5)9-14(12,2)3/h7-8H,6,9H2,1-5H3. The molecule has 0 saturated heterocycles. The Balaban J connectivity index is 2.65. The van der Waals surface area contributed by atoms with Gasteiger partial charge >= 0.3 is 0 Å². The molecule has 0 aliphatic carbocycles. The third-order valence-electron chi connectivity index (χ3n) is 3.49. The van der Waals surface area contributed by atoms with Crippen LogP contribution in [0.1, 0.15) is 52.2 Å². The average Bonchev–Trinajstić information content (AvgIpc) is 2.16. The fourth-order valence-corrected chi connectivity index (χ4v) is 3.51. The highest BCUT2D eigenvalue weighted by atomic mass is 79.9. The van der Waals surface area contributed by atoms with E-state index in [1.807, 2.05) is 0 Å². The highest BCUT2D eigenvalue weighted by Gasteiger charge is 2.39. The second kappa shape index (κ2) is 4.01. The van der Waals surface area contributed by atoms with E-state index in [-0.39, 0.29) is 11.0 Å². The topological polar surface area (TPSA) is 9.23 Å². The lowest BCUT2D eigenvalue weighted by Crippen LogP contribution is -2.41. The zero-order chi connectivity index (χ0) is 12.8. The molecule has 0 aromatic heterocycles. The third kappa shape index (κ3) is 2.37. The monoisotopic (exact) mass is 296 g/mol. The average molecular weight is 297 g/mol. The van der Waals surface area contributed by atoms with Crippen LogP contribution in [0.4, 0.5) is 0 Å². The van der Waals surface area contributed by atoms with Gasteiger partial charge < -0.3 is 4.74 Å². The van der Waals surface area contributed by atoms with Crippen LogP contribution in [-0.2, 0) is 11.8 Å². The Kier molecular flexibility index (Phi) is 3.05. The summed E-state index contributed by atoms with van der Waals surface area (Å²) in [5.74, 6) is 1.11. The van der Waals surface area contributed by atoms with Crippen LogP contribution in [0.2, 0.25) is 0 Å². The summed E-state index contributed by atoms with van der Waals surface area (Å²) in [5.41, 5.74) is 2.73. The summed E-state index contributed by atoms with van der Waals surface area (Å²) in [7, 11) is 0. The Morgan fingerprint density at radius 3 is 2.47 bits per heavy atom. The van der Waals surface area contributed by atoms with E-state index < -0.39 is 0 Å². The van der Waals surface area contributed by atoms with Crippen LogP contribution >= 0.6 is 15.9 Å². The fraction of sp³-hybridized carbons (Fsp3) is 0.600. The first-order valence-electron chi connectivity index (χ1n) is 6.27. The van der Waals surface area contributed by atoms with Gasteiger partial charge in [-0.1, -0.05) is 36.7 Å². The Bertz CT molecular complexity index is 446. The molecule has 1 aromatic carbocycles. The molecule has 0 unspecified atom stereocenters. The minimum absolute atomic E-state index is 0.0751. The Hall–Kier alpha value is -0.500. The molecule has 0 amide bonds. The number of ether oxygens (including phenoxy) is 1. The Morgan fingerprint density at radius 2 is 1.88 bits per heavy atom. The number of aryl methyl sites for hydroxylation is 1. The molecular formula is C15H21BrO. The molecule has 1 aliphatic heterocycles. The van der Waals surface area contributed by atoms with Gasteiger partial charge in [-0.3, -0.25) is 0 Å². The van der Waals surface area contributed by atoms with Crippen molar-refractivity contribution in [2.24, 2.45) is 0 Å². The molecule has 1 nitrogen and oxygen atoms in total. The highest BCUT2D eigenvalue weighted by Crippen LogP contribution is 2.47. The Morgan fingerprint density at radius 1 is 1.24 bits per heavy atom. The lowest BCUT2D eigenvalue weighted by molar-refractivity contribution is 0.0522. The predicted octanol–water partition coefficient (Wildman–Crippen LogP) is 4.85. The van der Waals surface area contributed by atoms with Gasteiger partial charge in [-0.25, -0.2) is 0 Å². The van der Waals surface area contributed by atoms with Gasteiger partial charge in [-0.15, -0.1) is 0 Å². The maximum Gasteiger partial charge on any atom is 0.127 e. The van der Waals surface area contributed by atoms with Gasteiger partial charge in [-0.05, 0) is 49.8 Å².